The van der Waals surface area contributed by atoms with Gasteiger partial charge in [0.15, 0.2) is 0 Å². The van der Waals surface area contributed by atoms with Crippen molar-refractivity contribution in [3.63, 3.8) is 0 Å². The Bertz CT molecular complexity index is 179. The highest BCUT2D eigenvalue weighted by molar-refractivity contribution is 4.81. The topological polar surface area (TPSA) is 29.3 Å². The maximum Gasteiger partial charge on any atom is 0.00870 e. The van der Waals surface area contributed by atoms with E-state index in [0.29, 0.717) is 12.1 Å². The molecule has 1 fully saturated rings. The third-order valence-electron chi connectivity index (χ3n) is 4.15. The molecule has 1 rings (SSSR count). The highest BCUT2D eigenvalue weighted by Gasteiger charge is 2.24. The van der Waals surface area contributed by atoms with Gasteiger partial charge in [-0.3, -0.25) is 0 Å². The van der Waals surface area contributed by atoms with E-state index in [-0.39, 0.29) is 0 Å². The zero-order valence-electron chi connectivity index (χ0n) is 10.9. The first-order valence-corrected chi connectivity index (χ1v) is 6.48. The van der Waals surface area contributed by atoms with Gasteiger partial charge < -0.3 is 10.6 Å². The first-order chi connectivity index (χ1) is 7.02. The van der Waals surface area contributed by atoms with E-state index >= 15 is 0 Å². The Labute approximate surface area is 95.2 Å². The van der Waals surface area contributed by atoms with Crippen LogP contribution in [0.5, 0.6) is 0 Å². The van der Waals surface area contributed by atoms with E-state index in [0.717, 1.165) is 11.8 Å². The fraction of sp³-hybridized carbons (Fsp3) is 1.00. The van der Waals surface area contributed by atoms with Crippen LogP contribution in [0.2, 0.25) is 0 Å². The van der Waals surface area contributed by atoms with Crippen LogP contribution in [-0.4, -0.2) is 30.6 Å². The Kier molecular flexibility index (Phi) is 5.07. The second-order valence-corrected chi connectivity index (χ2v) is 5.63. The molecule has 0 heterocycles. The Balaban J connectivity index is 2.38. The van der Waals surface area contributed by atoms with Crippen LogP contribution in [0.25, 0.3) is 0 Å². The summed E-state index contributed by atoms with van der Waals surface area (Å²) in [6.45, 7) is 8.09. The third kappa shape index (κ3) is 3.76. The molecule has 3 unspecified atom stereocenters. The molecule has 0 aromatic heterocycles. The van der Waals surface area contributed by atoms with Gasteiger partial charge in [0.25, 0.3) is 0 Å². The zero-order chi connectivity index (χ0) is 11.4. The van der Waals surface area contributed by atoms with E-state index in [1.165, 1.54) is 32.2 Å². The van der Waals surface area contributed by atoms with Crippen molar-refractivity contribution in [3.05, 3.63) is 0 Å². The molecule has 1 aliphatic carbocycles. The quantitative estimate of drug-likeness (QED) is 0.776. The largest absolute Gasteiger partial charge is 0.327 e. The van der Waals surface area contributed by atoms with Gasteiger partial charge in [0.1, 0.15) is 0 Å². The molecule has 0 aliphatic heterocycles. The molecule has 0 aromatic carbocycles. The minimum absolute atomic E-state index is 0.445. The predicted octanol–water partition coefficient (Wildman–Crippen LogP) is 2.48. The van der Waals surface area contributed by atoms with Crippen molar-refractivity contribution in [1.29, 1.82) is 0 Å². The normalized spacial score (nSPS) is 29.8. The second-order valence-electron chi connectivity index (χ2n) is 5.63. The second kappa shape index (κ2) is 5.86. The van der Waals surface area contributed by atoms with E-state index < -0.39 is 0 Å². The summed E-state index contributed by atoms with van der Waals surface area (Å²) in [5, 5.41) is 0. The molecule has 2 nitrogen and oxygen atoms in total. The summed E-state index contributed by atoms with van der Waals surface area (Å²) >= 11 is 0. The maximum atomic E-state index is 6.18. The SMILES string of the molecule is CC(C)C(C)N(C)CC1CCCCC1N. The average molecular weight is 212 g/mol. The van der Waals surface area contributed by atoms with Crippen LogP contribution in [0.1, 0.15) is 46.5 Å². The van der Waals surface area contributed by atoms with Crippen LogP contribution in [0.15, 0.2) is 0 Å². The highest BCUT2D eigenvalue weighted by Crippen LogP contribution is 2.24. The lowest BCUT2D eigenvalue weighted by Crippen LogP contribution is -2.43. The molecule has 15 heavy (non-hydrogen) atoms. The van der Waals surface area contributed by atoms with E-state index in [2.05, 4.69) is 32.7 Å². The predicted molar refractivity (Wildman–Crippen MR) is 66.9 cm³/mol. The van der Waals surface area contributed by atoms with Crippen molar-refractivity contribution in [3.8, 4) is 0 Å². The molecule has 90 valence electrons. The van der Waals surface area contributed by atoms with Gasteiger partial charge in [-0.05, 0) is 38.6 Å². The summed E-state index contributed by atoms with van der Waals surface area (Å²) in [6.07, 6.45) is 5.27. The molecule has 0 aromatic rings. The summed E-state index contributed by atoms with van der Waals surface area (Å²) in [6, 6.07) is 1.11. The van der Waals surface area contributed by atoms with E-state index in [9.17, 15) is 0 Å². The molecule has 1 aliphatic rings. The molecule has 1 saturated carbocycles. The summed E-state index contributed by atoms with van der Waals surface area (Å²) in [4.78, 5) is 2.49. The van der Waals surface area contributed by atoms with Crippen LogP contribution in [0.3, 0.4) is 0 Å². The van der Waals surface area contributed by atoms with E-state index in [4.69, 9.17) is 5.73 Å². The number of nitrogens with zero attached hydrogens (tertiary/aromatic N) is 1. The molecular formula is C13H28N2. The monoisotopic (exact) mass is 212 g/mol. The smallest absolute Gasteiger partial charge is 0.00870 e. The minimum Gasteiger partial charge on any atom is -0.327 e. The lowest BCUT2D eigenvalue weighted by molar-refractivity contribution is 0.150. The molecule has 0 bridgehead atoms. The number of hydrogen-bond acceptors (Lipinski definition) is 2. The highest BCUT2D eigenvalue weighted by atomic mass is 15.1. The standard InChI is InChI=1S/C13H28N2/c1-10(2)11(3)15(4)9-12-7-5-6-8-13(12)14/h10-13H,5-9,14H2,1-4H3. The molecule has 3 atom stereocenters. The van der Waals surface area contributed by atoms with Gasteiger partial charge in [-0.15, -0.1) is 0 Å². The van der Waals surface area contributed by atoms with Crippen molar-refractivity contribution >= 4 is 0 Å². The summed E-state index contributed by atoms with van der Waals surface area (Å²) < 4.78 is 0. The summed E-state index contributed by atoms with van der Waals surface area (Å²) in [5.41, 5.74) is 6.18. The van der Waals surface area contributed by atoms with Gasteiger partial charge in [-0.1, -0.05) is 26.7 Å². The van der Waals surface area contributed by atoms with Crippen LogP contribution >= 0.6 is 0 Å². The van der Waals surface area contributed by atoms with Gasteiger partial charge in [-0.2, -0.15) is 0 Å². The molecule has 2 N–H and O–H groups in total. The first kappa shape index (κ1) is 13.0. The maximum absolute atomic E-state index is 6.18. The van der Waals surface area contributed by atoms with Gasteiger partial charge in [0.05, 0.1) is 0 Å². The minimum atomic E-state index is 0.445. The van der Waals surface area contributed by atoms with Gasteiger partial charge >= 0.3 is 0 Å². The van der Waals surface area contributed by atoms with E-state index in [1.54, 1.807) is 0 Å². The van der Waals surface area contributed by atoms with Crippen LogP contribution in [0.4, 0.5) is 0 Å². The zero-order valence-corrected chi connectivity index (χ0v) is 10.9. The fourth-order valence-electron chi connectivity index (χ4n) is 2.51. The number of nitrogens with two attached hydrogens (primary N) is 1. The van der Waals surface area contributed by atoms with E-state index in [1.807, 2.05) is 0 Å². The van der Waals surface area contributed by atoms with Crippen LogP contribution < -0.4 is 5.73 Å². The van der Waals surface area contributed by atoms with Gasteiger partial charge in [0.2, 0.25) is 0 Å². The van der Waals surface area contributed by atoms with Crippen molar-refractivity contribution in [2.24, 2.45) is 17.6 Å². The Morgan fingerprint density at radius 2 is 1.80 bits per heavy atom. The van der Waals surface area contributed by atoms with Crippen molar-refractivity contribution < 1.29 is 0 Å². The molecule has 0 spiro atoms. The van der Waals surface area contributed by atoms with Crippen LogP contribution in [-0.2, 0) is 0 Å². The third-order valence-corrected chi connectivity index (χ3v) is 4.15. The lowest BCUT2D eigenvalue weighted by atomic mass is 9.84. The van der Waals surface area contributed by atoms with Gasteiger partial charge in [0, 0.05) is 18.6 Å². The lowest BCUT2D eigenvalue weighted by Gasteiger charge is -2.35. The van der Waals surface area contributed by atoms with Crippen molar-refractivity contribution in [2.75, 3.05) is 13.6 Å². The summed E-state index contributed by atoms with van der Waals surface area (Å²) in [7, 11) is 2.24. The number of hydrogen-bond donors (Lipinski definition) is 1. The number of rotatable bonds is 4. The fourth-order valence-corrected chi connectivity index (χ4v) is 2.51. The molecule has 0 radical (unpaired) electrons. The van der Waals surface area contributed by atoms with Crippen molar-refractivity contribution in [2.45, 2.75) is 58.5 Å². The Hall–Kier alpha value is -0.0800. The average Bonchev–Trinajstić information content (AvgIpc) is 2.20. The molecular weight excluding hydrogens is 184 g/mol. The van der Waals surface area contributed by atoms with Gasteiger partial charge in [-0.25, -0.2) is 0 Å². The van der Waals surface area contributed by atoms with Crippen molar-refractivity contribution in [1.82, 2.24) is 4.90 Å². The first-order valence-electron chi connectivity index (χ1n) is 6.48. The molecule has 2 heteroatoms. The van der Waals surface area contributed by atoms with Crippen LogP contribution in [0, 0.1) is 11.8 Å². The Morgan fingerprint density at radius 1 is 1.20 bits per heavy atom. The molecule has 0 saturated heterocycles. The summed E-state index contributed by atoms with van der Waals surface area (Å²) in [5.74, 6) is 1.46. The molecule has 0 amide bonds. The Morgan fingerprint density at radius 3 is 2.33 bits per heavy atom.